The molecule has 31 heavy (non-hydrogen) atoms. The lowest BCUT2D eigenvalue weighted by Gasteiger charge is -2.36. The molecule has 1 aliphatic heterocycles. The largest absolute Gasteiger partial charge is 0.352 e. The summed E-state index contributed by atoms with van der Waals surface area (Å²) in [4.78, 5) is 31.7. The quantitative estimate of drug-likeness (QED) is 0.638. The fraction of sp³-hybridized carbons (Fsp3) is 0.320. The predicted octanol–water partition coefficient (Wildman–Crippen LogP) is 3.75. The van der Waals surface area contributed by atoms with Crippen molar-refractivity contribution in [3.63, 3.8) is 0 Å². The van der Waals surface area contributed by atoms with Crippen molar-refractivity contribution in [3.05, 3.63) is 90.0 Å². The highest BCUT2D eigenvalue weighted by Gasteiger charge is 2.27. The van der Waals surface area contributed by atoms with Crippen molar-refractivity contribution in [3.8, 4) is 0 Å². The Hall–Kier alpha value is -3.41. The van der Waals surface area contributed by atoms with Gasteiger partial charge in [0.05, 0.1) is 6.33 Å². The normalized spacial score (nSPS) is 16.1. The number of aromatic nitrogens is 2. The number of likely N-dealkylation sites (tertiary alicyclic amines) is 1. The summed E-state index contributed by atoms with van der Waals surface area (Å²) in [5, 5.41) is 2.99. The summed E-state index contributed by atoms with van der Waals surface area (Å²) in [5.74, 6) is 0.00746. The van der Waals surface area contributed by atoms with Crippen molar-refractivity contribution in [2.45, 2.75) is 38.3 Å². The molecule has 2 aromatic carbocycles. The molecule has 2 amide bonds. The van der Waals surface area contributed by atoms with Crippen LogP contribution in [0.1, 0.15) is 52.0 Å². The van der Waals surface area contributed by atoms with E-state index in [9.17, 15) is 9.59 Å². The number of carbonyl (C=O) groups excluding carboxylic acids is 2. The Labute approximate surface area is 182 Å². The van der Waals surface area contributed by atoms with E-state index in [-0.39, 0.29) is 17.9 Å². The predicted molar refractivity (Wildman–Crippen MR) is 120 cm³/mol. The highest BCUT2D eigenvalue weighted by Crippen LogP contribution is 2.22. The third-order valence-electron chi connectivity index (χ3n) is 5.79. The summed E-state index contributed by atoms with van der Waals surface area (Å²) in [5.41, 5.74) is 2.46. The van der Waals surface area contributed by atoms with Crippen LogP contribution in [0.25, 0.3) is 0 Å². The van der Waals surface area contributed by atoms with Gasteiger partial charge >= 0.3 is 0 Å². The van der Waals surface area contributed by atoms with E-state index in [0.29, 0.717) is 18.7 Å². The Kier molecular flexibility index (Phi) is 6.77. The zero-order chi connectivity index (χ0) is 21.5. The molecule has 3 aromatic rings. The van der Waals surface area contributed by atoms with Crippen LogP contribution in [0.4, 0.5) is 0 Å². The molecule has 6 nitrogen and oxygen atoms in total. The Morgan fingerprint density at radius 2 is 1.87 bits per heavy atom. The van der Waals surface area contributed by atoms with Crippen LogP contribution in [0.15, 0.2) is 73.3 Å². The molecule has 0 aliphatic carbocycles. The lowest BCUT2D eigenvalue weighted by Crippen LogP contribution is -2.45. The SMILES string of the molecule is O=C(NCCC1CCCCN1C(=O)c1cccc(Cn2ccnc2)c1)c1ccccc1. The molecule has 4 rings (SSSR count). The fourth-order valence-corrected chi connectivity index (χ4v) is 4.17. The minimum Gasteiger partial charge on any atom is -0.352 e. The van der Waals surface area contributed by atoms with Crippen LogP contribution in [0, 0.1) is 0 Å². The highest BCUT2D eigenvalue weighted by atomic mass is 16.2. The zero-order valence-corrected chi connectivity index (χ0v) is 17.6. The average molecular weight is 417 g/mol. The molecular weight excluding hydrogens is 388 g/mol. The second-order valence-electron chi connectivity index (χ2n) is 7.99. The molecule has 6 heteroatoms. The van der Waals surface area contributed by atoms with Gasteiger partial charge in [-0.2, -0.15) is 0 Å². The molecule has 1 aromatic heterocycles. The first-order valence-corrected chi connectivity index (χ1v) is 10.9. The number of piperidine rings is 1. The molecular formula is C25H28N4O2. The van der Waals surface area contributed by atoms with Crippen molar-refractivity contribution in [1.29, 1.82) is 0 Å². The first-order chi connectivity index (χ1) is 15.2. The van der Waals surface area contributed by atoms with E-state index in [1.54, 1.807) is 12.5 Å². The van der Waals surface area contributed by atoms with Crippen molar-refractivity contribution >= 4 is 11.8 Å². The smallest absolute Gasteiger partial charge is 0.254 e. The van der Waals surface area contributed by atoms with Gasteiger partial charge in [-0.15, -0.1) is 0 Å². The van der Waals surface area contributed by atoms with E-state index < -0.39 is 0 Å². The number of benzene rings is 2. The van der Waals surface area contributed by atoms with Gasteiger partial charge in [-0.1, -0.05) is 30.3 Å². The van der Waals surface area contributed by atoms with Gasteiger partial charge in [0.2, 0.25) is 0 Å². The van der Waals surface area contributed by atoms with Crippen LogP contribution in [-0.2, 0) is 6.54 Å². The molecule has 0 saturated carbocycles. The summed E-state index contributed by atoms with van der Waals surface area (Å²) in [7, 11) is 0. The molecule has 1 saturated heterocycles. The molecule has 1 N–H and O–H groups in total. The number of carbonyl (C=O) groups is 2. The maximum Gasteiger partial charge on any atom is 0.254 e. The topological polar surface area (TPSA) is 67.2 Å². The zero-order valence-electron chi connectivity index (χ0n) is 17.6. The van der Waals surface area contributed by atoms with E-state index in [1.165, 1.54) is 0 Å². The highest BCUT2D eigenvalue weighted by molar-refractivity contribution is 5.95. The number of nitrogens with one attached hydrogen (secondary N) is 1. The summed E-state index contributed by atoms with van der Waals surface area (Å²) in [6.07, 6.45) is 9.32. The minimum atomic E-state index is -0.0681. The van der Waals surface area contributed by atoms with Crippen molar-refractivity contribution in [1.82, 2.24) is 19.8 Å². The van der Waals surface area contributed by atoms with Gasteiger partial charge in [-0.25, -0.2) is 4.98 Å². The monoisotopic (exact) mass is 416 g/mol. The van der Waals surface area contributed by atoms with Crippen LogP contribution >= 0.6 is 0 Å². The number of hydrogen-bond acceptors (Lipinski definition) is 3. The van der Waals surface area contributed by atoms with Gasteiger partial charge in [0.1, 0.15) is 0 Å². The van der Waals surface area contributed by atoms with Crippen LogP contribution < -0.4 is 5.32 Å². The third-order valence-corrected chi connectivity index (χ3v) is 5.79. The second kappa shape index (κ2) is 10.1. The molecule has 1 fully saturated rings. The van der Waals surface area contributed by atoms with Crippen LogP contribution in [0.2, 0.25) is 0 Å². The molecule has 0 bridgehead atoms. The molecule has 1 unspecified atom stereocenters. The molecule has 1 atom stereocenters. The van der Waals surface area contributed by atoms with E-state index >= 15 is 0 Å². The number of imidazole rings is 1. The number of amides is 2. The molecule has 2 heterocycles. The second-order valence-corrected chi connectivity index (χ2v) is 7.99. The van der Waals surface area contributed by atoms with Crippen LogP contribution in [-0.4, -0.2) is 45.4 Å². The number of hydrogen-bond donors (Lipinski definition) is 1. The molecule has 0 spiro atoms. The van der Waals surface area contributed by atoms with Gasteiger partial charge < -0.3 is 14.8 Å². The van der Waals surface area contributed by atoms with Crippen molar-refractivity contribution in [2.75, 3.05) is 13.1 Å². The Bertz CT molecular complexity index is 1000. The van der Waals surface area contributed by atoms with Gasteiger partial charge in [0.25, 0.3) is 11.8 Å². The van der Waals surface area contributed by atoms with Gasteiger partial charge in [-0.05, 0) is 55.5 Å². The standard InChI is InChI=1S/C25H28N4O2/c30-24(21-8-2-1-3-9-21)27-13-12-23-11-4-5-15-29(23)25(31)22-10-6-7-20(17-22)18-28-16-14-26-19-28/h1-3,6-10,14,16-17,19,23H,4-5,11-13,15,18H2,(H,27,30). The fourth-order valence-electron chi connectivity index (χ4n) is 4.17. The van der Waals surface area contributed by atoms with Gasteiger partial charge in [0.15, 0.2) is 0 Å². The van der Waals surface area contributed by atoms with E-state index in [4.69, 9.17) is 0 Å². The van der Waals surface area contributed by atoms with Crippen LogP contribution in [0.3, 0.4) is 0 Å². The first-order valence-electron chi connectivity index (χ1n) is 10.9. The van der Waals surface area contributed by atoms with Crippen molar-refractivity contribution < 1.29 is 9.59 Å². The summed E-state index contributed by atoms with van der Waals surface area (Å²) < 4.78 is 1.99. The molecule has 0 radical (unpaired) electrons. The van der Waals surface area contributed by atoms with E-state index in [0.717, 1.165) is 43.4 Å². The Morgan fingerprint density at radius 3 is 2.68 bits per heavy atom. The summed E-state index contributed by atoms with van der Waals surface area (Å²) >= 11 is 0. The first kappa shape index (κ1) is 20.8. The maximum atomic E-state index is 13.3. The average Bonchev–Trinajstić information content (AvgIpc) is 3.32. The summed E-state index contributed by atoms with van der Waals surface area (Å²) in [6.45, 7) is 2.01. The lowest BCUT2D eigenvalue weighted by molar-refractivity contribution is 0.0601. The Morgan fingerprint density at radius 1 is 1.03 bits per heavy atom. The van der Waals surface area contributed by atoms with E-state index in [2.05, 4.69) is 10.3 Å². The molecule has 160 valence electrons. The summed E-state index contributed by atoms with van der Waals surface area (Å²) in [6, 6.07) is 17.2. The van der Waals surface area contributed by atoms with E-state index in [1.807, 2.05) is 70.3 Å². The minimum absolute atomic E-state index is 0.0681. The van der Waals surface area contributed by atoms with Crippen LogP contribution in [0.5, 0.6) is 0 Å². The Balaban J connectivity index is 1.37. The lowest BCUT2D eigenvalue weighted by atomic mass is 9.97. The number of rotatable bonds is 7. The maximum absolute atomic E-state index is 13.3. The van der Waals surface area contributed by atoms with Gasteiger partial charge in [-0.3, -0.25) is 9.59 Å². The van der Waals surface area contributed by atoms with Gasteiger partial charge in [0, 0.05) is 49.2 Å². The molecule has 1 aliphatic rings. The van der Waals surface area contributed by atoms with Crippen molar-refractivity contribution in [2.24, 2.45) is 0 Å². The number of nitrogens with zero attached hydrogens (tertiary/aromatic N) is 3. The third kappa shape index (κ3) is 5.40.